The molecule has 1 aliphatic heterocycles. The zero-order valence-electron chi connectivity index (χ0n) is 9.59. The molecule has 1 heterocycles. The summed E-state index contributed by atoms with van der Waals surface area (Å²) < 4.78 is 5.63. The fourth-order valence-electron chi connectivity index (χ4n) is 1.53. The lowest BCUT2D eigenvalue weighted by Crippen LogP contribution is -2.44. The van der Waals surface area contributed by atoms with Crippen LogP contribution in [0.2, 0.25) is 0 Å². The van der Waals surface area contributed by atoms with Crippen LogP contribution < -0.4 is 5.32 Å². The van der Waals surface area contributed by atoms with Crippen molar-refractivity contribution in [3.8, 4) is 0 Å². The number of nitrogens with one attached hydrogen (secondary N) is 1. The standard InChI is InChI=1S/C11H24N2O/c1-3-11(2)10-14-9-8-13-6-4-12-5-7-13/h11-12H,3-10H2,1-2H3. The van der Waals surface area contributed by atoms with Crippen molar-refractivity contribution >= 4 is 0 Å². The predicted molar refractivity (Wildman–Crippen MR) is 59.6 cm³/mol. The Morgan fingerprint density at radius 2 is 2.07 bits per heavy atom. The molecule has 0 spiro atoms. The summed E-state index contributed by atoms with van der Waals surface area (Å²) >= 11 is 0. The minimum Gasteiger partial charge on any atom is -0.380 e. The Morgan fingerprint density at radius 3 is 2.71 bits per heavy atom. The van der Waals surface area contributed by atoms with Gasteiger partial charge in [-0.2, -0.15) is 0 Å². The lowest BCUT2D eigenvalue weighted by atomic mass is 10.1. The Labute approximate surface area is 87.8 Å². The maximum absolute atomic E-state index is 5.63. The Hall–Kier alpha value is -0.120. The molecule has 14 heavy (non-hydrogen) atoms. The van der Waals surface area contributed by atoms with Gasteiger partial charge in [-0.05, 0) is 5.92 Å². The number of rotatable bonds is 6. The third-order valence-corrected chi connectivity index (χ3v) is 2.86. The normalized spacial score (nSPS) is 21.0. The van der Waals surface area contributed by atoms with E-state index in [9.17, 15) is 0 Å². The third-order valence-electron chi connectivity index (χ3n) is 2.86. The number of ether oxygens (including phenoxy) is 1. The SMILES string of the molecule is CCC(C)COCCN1CCNCC1. The summed E-state index contributed by atoms with van der Waals surface area (Å²) in [5.74, 6) is 0.707. The van der Waals surface area contributed by atoms with Gasteiger partial charge in [0.2, 0.25) is 0 Å². The van der Waals surface area contributed by atoms with Gasteiger partial charge in [0.1, 0.15) is 0 Å². The number of piperazine rings is 1. The molecule has 1 atom stereocenters. The highest BCUT2D eigenvalue weighted by atomic mass is 16.5. The number of hydrogen-bond acceptors (Lipinski definition) is 3. The molecule has 0 bridgehead atoms. The van der Waals surface area contributed by atoms with Crippen LogP contribution in [-0.4, -0.2) is 50.8 Å². The highest BCUT2D eigenvalue weighted by molar-refractivity contribution is 4.66. The Kier molecular flexibility index (Phi) is 6.15. The number of nitrogens with zero attached hydrogens (tertiary/aromatic N) is 1. The van der Waals surface area contributed by atoms with Gasteiger partial charge in [0.05, 0.1) is 6.61 Å². The van der Waals surface area contributed by atoms with Crippen molar-refractivity contribution in [1.82, 2.24) is 10.2 Å². The molecular formula is C11H24N2O. The molecule has 0 aliphatic carbocycles. The molecule has 0 aromatic heterocycles. The van der Waals surface area contributed by atoms with Crippen LogP contribution in [0.5, 0.6) is 0 Å². The summed E-state index contributed by atoms with van der Waals surface area (Å²) in [6.45, 7) is 12.0. The number of hydrogen-bond donors (Lipinski definition) is 1. The monoisotopic (exact) mass is 200 g/mol. The van der Waals surface area contributed by atoms with Crippen LogP contribution in [0.25, 0.3) is 0 Å². The molecule has 1 fully saturated rings. The second kappa shape index (κ2) is 7.21. The smallest absolute Gasteiger partial charge is 0.0593 e. The first-order chi connectivity index (χ1) is 6.83. The molecule has 84 valence electrons. The van der Waals surface area contributed by atoms with Gasteiger partial charge in [-0.1, -0.05) is 20.3 Å². The van der Waals surface area contributed by atoms with Crippen molar-refractivity contribution in [2.75, 3.05) is 45.9 Å². The first kappa shape index (κ1) is 12.0. The van der Waals surface area contributed by atoms with Gasteiger partial charge in [-0.25, -0.2) is 0 Å². The first-order valence-corrected chi connectivity index (χ1v) is 5.83. The predicted octanol–water partition coefficient (Wildman–Crippen LogP) is 0.954. The van der Waals surface area contributed by atoms with E-state index < -0.39 is 0 Å². The highest BCUT2D eigenvalue weighted by Crippen LogP contribution is 2.00. The van der Waals surface area contributed by atoms with Crippen LogP contribution in [0, 0.1) is 5.92 Å². The fraction of sp³-hybridized carbons (Fsp3) is 1.00. The summed E-state index contributed by atoms with van der Waals surface area (Å²) in [5.41, 5.74) is 0. The van der Waals surface area contributed by atoms with Crippen LogP contribution in [-0.2, 0) is 4.74 Å². The molecular weight excluding hydrogens is 176 g/mol. The average Bonchev–Trinajstić information content (AvgIpc) is 2.25. The lowest BCUT2D eigenvalue weighted by Gasteiger charge is -2.27. The molecule has 1 N–H and O–H groups in total. The van der Waals surface area contributed by atoms with Gasteiger partial charge >= 0.3 is 0 Å². The highest BCUT2D eigenvalue weighted by Gasteiger charge is 2.08. The maximum Gasteiger partial charge on any atom is 0.0593 e. The van der Waals surface area contributed by atoms with Gasteiger partial charge in [-0.15, -0.1) is 0 Å². The van der Waals surface area contributed by atoms with E-state index in [1.54, 1.807) is 0 Å². The molecule has 0 amide bonds. The molecule has 3 nitrogen and oxygen atoms in total. The molecule has 3 heteroatoms. The van der Waals surface area contributed by atoms with Gasteiger partial charge in [0.15, 0.2) is 0 Å². The summed E-state index contributed by atoms with van der Waals surface area (Å²) in [5, 5.41) is 3.35. The Balaban J connectivity index is 1.92. The van der Waals surface area contributed by atoms with Gasteiger partial charge in [0, 0.05) is 39.3 Å². The van der Waals surface area contributed by atoms with E-state index in [2.05, 4.69) is 24.1 Å². The van der Waals surface area contributed by atoms with E-state index >= 15 is 0 Å². The van der Waals surface area contributed by atoms with Crippen molar-refractivity contribution < 1.29 is 4.74 Å². The Bertz CT molecular complexity index is 135. The molecule has 0 aromatic carbocycles. The molecule has 1 saturated heterocycles. The maximum atomic E-state index is 5.63. The van der Waals surface area contributed by atoms with Gasteiger partial charge in [0.25, 0.3) is 0 Å². The van der Waals surface area contributed by atoms with Gasteiger partial charge < -0.3 is 10.1 Å². The van der Waals surface area contributed by atoms with Crippen molar-refractivity contribution in [3.63, 3.8) is 0 Å². The van der Waals surface area contributed by atoms with Crippen LogP contribution in [0.1, 0.15) is 20.3 Å². The minimum atomic E-state index is 0.707. The second-order valence-electron chi connectivity index (χ2n) is 4.18. The van der Waals surface area contributed by atoms with Crippen LogP contribution >= 0.6 is 0 Å². The van der Waals surface area contributed by atoms with E-state index in [0.717, 1.165) is 32.8 Å². The summed E-state index contributed by atoms with van der Waals surface area (Å²) in [7, 11) is 0. The topological polar surface area (TPSA) is 24.5 Å². The van der Waals surface area contributed by atoms with E-state index in [-0.39, 0.29) is 0 Å². The molecule has 0 radical (unpaired) electrons. The third kappa shape index (κ3) is 4.94. The van der Waals surface area contributed by atoms with Crippen LogP contribution in [0.15, 0.2) is 0 Å². The molecule has 0 aromatic rings. The Morgan fingerprint density at radius 1 is 1.36 bits per heavy atom. The van der Waals surface area contributed by atoms with Crippen molar-refractivity contribution in [2.24, 2.45) is 5.92 Å². The largest absolute Gasteiger partial charge is 0.380 e. The fourth-order valence-corrected chi connectivity index (χ4v) is 1.53. The zero-order valence-corrected chi connectivity index (χ0v) is 9.59. The summed E-state index contributed by atoms with van der Waals surface area (Å²) in [6, 6.07) is 0. The van der Waals surface area contributed by atoms with Crippen molar-refractivity contribution in [2.45, 2.75) is 20.3 Å². The van der Waals surface area contributed by atoms with E-state index in [0.29, 0.717) is 5.92 Å². The van der Waals surface area contributed by atoms with Crippen LogP contribution in [0.3, 0.4) is 0 Å². The van der Waals surface area contributed by atoms with Gasteiger partial charge in [-0.3, -0.25) is 4.90 Å². The van der Waals surface area contributed by atoms with Crippen molar-refractivity contribution in [1.29, 1.82) is 0 Å². The second-order valence-corrected chi connectivity index (χ2v) is 4.18. The molecule has 1 unspecified atom stereocenters. The molecule has 1 aliphatic rings. The average molecular weight is 200 g/mol. The first-order valence-electron chi connectivity index (χ1n) is 5.83. The summed E-state index contributed by atoms with van der Waals surface area (Å²) in [6.07, 6.45) is 1.22. The minimum absolute atomic E-state index is 0.707. The van der Waals surface area contributed by atoms with Crippen LogP contribution in [0.4, 0.5) is 0 Å². The molecule has 1 rings (SSSR count). The summed E-state index contributed by atoms with van der Waals surface area (Å²) in [4.78, 5) is 2.47. The molecule has 0 saturated carbocycles. The van der Waals surface area contributed by atoms with Crippen molar-refractivity contribution in [3.05, 3.63) is 0 Å². The lowest BCUT2D eigenvalue weighted by molar-refractivity contribution is 0.0775. The van der Waals surface area contributed by atoms with E-state index in [1.807, 2.05) is 0 Å². The van der Waals surface area contributed by atoms with E-state index in [1.165, 1.54) is 19.5 Å². The zero-order chi connectivity index (χ0) is 10.2. The van der Waals surface area contributed by atoms with E-state index in [4.69, 9.17) is 4.74 Å². The quantitative estimate of drug-likeness (QED) is 0.646.